The van der Waals surface area contributed by atoms with Gasteiger partial charge in [0.1, 0.15) is 5.54 Å². The van der Waals surface area contributed by atoms with E-state index < -0.39 is 11.5 Å². The first-order valence-corrected chi connectivity index (χ1v) is 5.89. The molecule has 1 saturated heterocycles. The third-order valence-corrected chi connectivity index (χ3v) is 3.12. The summed E-state index contributed by atoms with van der Waals surface area (Å²) in [6.07, 6.45) is 0.481. The van der Waals surface area contributed by atoms with Crippen molar-refractivity contribution in [3.8, 4) is 11.8 Å². The molecule has 0 aliphatic carbocycles. The maximum absolute atomic E-state index is 11.0. The highest BCUT2D eigenvalue weighted by Gasteiger charge is 2.40. The SMILES string of the molecule is NC1(C(=O)O)CCN(CC#Cc2ccccc2)C1. The van der Waals surface area contributed by atoms with Crippen LogP contribution in [0, 0.1) is 11.8 Å². The zero-order valence-corrected chi connectivity index (χ0v) is 10.1. The minimum atomic E-state index is -1.10. The summed E-state index contributed by atoms with van der Waals surface area (Å²) in [5.41, 5.74) is 5.65. The lowest BCUT2D eigenvalue weighted by Gasteiger charge is -2.18. The Morgan fingerprint density at radius 3 is 2.78 bits per heavy atom. The van der Waals surface area contributed by atoms with E-state index in [-0.39, 0.29) is 0 Å². The molecule has 0 amide bonds. The van der Waals surface area contributed by atoms with Gasteiger partial charge in [0.15, 0.2) is 0 Å². The van der Waals surface area contributed by atoms with Gasteiger partial charge < -0.3 is 10.8 Å². The van der Waals surface area contributed by atoms with Crippen molar-refractivity contribution in [2.75, 3.05) is 19.6 Å². The smallest absolute Gasteiger partial charge is 0.325 e. The molecule has 2 rings (SSSR count). The van der Waals surface area contributed by atoms with Gasteiger partial charge in [0.2, 0.25) is 0 Å². The second-order valence-corrected chi connectivity index (χ2v) is 4.59. The predicted octanol–water partition coefficient (Wildman–Crippen LogP) is 0.526. The van der Waals surface area contributed by atoms with Crippen molar-refractivity contribution in [2.24, 2.45) is 5.73 Å². The van der Waals surface area contributed by atoms with Crippen molar-refractivity contribution in [2.45, 2.75) is 12.0 Å². The van der Waals surface area contributed by atoms with Gasteiger partial charge in [0.25, 0.3) is 0 Å². The molecule has 1 aliphatic heterocycles. The van der Waals surface area contributed by atoms with Gasteiger partial charge in [-0.05, 0) is 18.6 Å². The number of aliphatic carboxylic acids is 1. The van der Waals surface area contributed by atoms with E-state index in [1.165, 1.54) is 0 Å². The van der Waals surface area contributed by atoms with E-state index >= 15 is 0 Å². The summed E-state index contributed by atoms with van der Waals surface area (Å²) in [5.74, 6) is 5.17. The molecule has 1 unspecified atom stereocenters. The zero-order valence-electron chi connectivity index (χ0n) is 10.1. The Labute approximate surface area is 106 Å². The Morgan fingerprint density at radius 2 is 2.17 bits per heavy atom. The lowest BCUT2D eigenvalue weighted by molar-refractivity contribution is -0.142. The standard InChI is InChI=1S/C14H16N2O2/c15-14(13(17)18)8-10-16(11-14)9-4-7-12-5-2-1-3-6-12/h1-3,5-6H,8-11,15H2,(H,17,18). The molecule has 0 radical (unpaired) electrons. The van der Waals surface area contributed by atoms with Crippen molar-refractivity contribution in [1.82, 2.24) is 4.90 Å². The van der Waals surface area contributed by atoms with Crippen molar-refractivity contribution in [3.05, 3.63) is 35.9 Å². The molecule has 1 aromatic carbocycles. The highest BCUT2D eigenvalue weighted by atomic mass is 16.4. The monoisotopic (exact) mass is 244 g/mol. The average Bonchev–Trinajstić information content (AvgIpc) is 2.74. The second kappa shape index (κ2) is 5.21. The molecule has 1 atom stereocenters. The quantitative estimate of drug-likeness (QED) is 0.745. The van der Waals surface area contributed by atoms with Gasteiger partial charge in [0.05, 0.1) is 6.54 Å². The summed E-state index contributed by atoms with van der Waals surface area (Å²) >= 11 is 0. The van der Waals surface area contributed by atoms with Crippen LogP contribution in [-0.4, -0.2) is 41.1 Å². The van der Waals surface area contributed by atoms with Crippen molar-refractivity contribution < 1.29 is 9.90 Å². The van der Waals surface area contributed by atoms with E-state index in [0.29, 0.717) is 26.1 Å². The normalized spacial score (nSPS) is 23.4. The topological polar surface area (TPSA) is 66.6 Å². The first-order chi connectivity index (χ1) is 8.60. The van der Waals surface area contributed by atoms with Crippen LogP contribution in [0.1, 0.15) is 12.0 Å². The highest BCUT2D eigenvalue weighted by Crippen LogP contribution is 2.18. The zero-order chi connectivity index (χ0) is 13.0. The Kier molecular flexibility index (Phi) is 3.66. The molecule has 94 valence electrons. The third kappa shape index (κ3) is 2.89. The summed E-state index contributed by atoms with van der Waals surface area (Å²) in [6, 6.07) is 9.72. The van der Waals surface area contributed by atoms with E-state index in [1.54, 1.807) is 0 Å². The fraction of sp³-hybridized carbons (Fsp3) is 0.357. The maximum atomic E-state index is 11.0. The van der Waals surface area contributed by atoms with Crippen LogP contribution in [0.15, 0.2) is 30.3 Å². The third-order valence-electron chi connectivity index (χ3n) is 3.12. The highest BCUT2D eigenvalue weighted by molar-refractivity contribution is 5.79. The molecule has 1 fully saturated rings. The van der Waals surface area contributed by atoms with Crippen LogP contribution >= 0.6 is 0 Å². The molecule has 4 heteroatoms. The molecular formula is C14H16N2O2. The van der Waals surface area contributed by atoms with Crippen LogP contribution < -0.4 is 5.73 Å². The minimum Gasteiger partial charge on any atom is -0.480 e. The summed E-state index contributed by atoms with van der Waals surface area (Å²) in [5, 5.41) is 9.01. The van der Waals surface area contributed by atoms with Gasteiger partial charge in [-0.25, -0.2) is 0 Å². The Balaban J connectivity index is 1.90. The molecule has 0 bridgehead atoms. The molecule has 1 aliphatic rings. The fourth-order valence-electron chi connectivity index (χ4n) is 2.00. The van der Waals surface area contributed by atoms with Crippen LogP contribution in [0.5, 0.6) is 0 Å². The molecule has 0 saturated carbocycles. The van der Waals surface area contributed by atoms with Gasteiger partial charge in [-0.2, -0.15) is 0 Å². The first-order valence-electron chi connectivity index (χ1n) is 5.89. The van der Waals surface area contributed by atoms with Gasteiger partial charge >= 0.3 is 5.97 Å². The minimum absolute atomic E-state index is 0.367. The number of carbonyl (C=O) groups is 1. The van der Waals surface area contributed by atoms with Crippen LogP contribution in [0.3, 0.4) is 0 Å². The first kappa shape index (κ1) is 12.6. The molecule has 1 heterocycles. The Bertz CT molecular complexity index is 490. The van der Waals surface area contributed by atoms with E-state index in [0.717, 1.165) is 5.56 Å². The largest absolute Gasteiger partial charge is 0.480 e. The molecule has 0 aromatic heterocycles. The van der Waals surface area contributed by atoms with E-state index in [4.69, 9.17) is 10.8 Å². The number of rotatable bonds is 2. The number of nitrogens with two attached hydrogens (primary N) is 1. The van der Waals surface area contributed by atoms with E-state index in [1.807, 2.05) is 35.2 Å². The van der Waals surface area contributed by atoms with Crippen LogP contribution in [0.4, 0.5) is 0 Å². The number of carboxylic acid groups (broad SMARTS) is 1. The maximum Gasteiger partial charge on any atom is 0.325 e. The van der Waals surface area contributed by atoms with Crippen molar-refractivity contribution in [1.29, 1.82) is 0 Å². The molecular weight excluding hydrogens is 228 g/mol. The van der Waals surface area contributed by atoms with Gasteiger partial charge in [-0.3, -0.25) is 9.69 Å². The van der Waals surface area contributed by atoms with Gasteiger partial charge in [-0.1, -0.05) is 30.0 Å². The molecule has 4 nitrogen and oxygen atoms in total. The predicted molar refractivity (Wildman–Crippen MR) is 68.9 cm³/mol. The fourth-order valence-corrected chi connectivity index (χ4v) is 2.00. The summed E-state index contributed by atoms with van der Waals surface area (Å²) in [4.78, 5) is 13.0. The van der Waals surface area contributed by atoms with E-state index in [9.17, 15) is 4.79 Å². The number of benzene rings is 1. The average molecular weight is 244 g/mol. The number of carboxylic acids is 1. The summed E-state index contributed by atoms with van der Waals surface area (Å²) in [7, 11) is 0. The molecule has 3 N–H and O–H groups in total. The van der Waals surface area contributed by atoms with Crippen LogP contribution in [-0.2, 0) is 4.79 Å². The number of likely N-dealkylation sites (tertiary alicyclic amines) is 1. The van der Waals surface area contributed by atoms with Gasteiger partial charge in [-0.15, -0.1) is 0 Å². The van der Waals surface area contributed by atoms with Crippen molar-refractivity contribution in [3.63, 3.8) is 0 Å². The summed E-state index contributed by atoms with van der Waals surface area (Å²) in [6.45, 7) is 1.61. The van der Waals surface area contributed by atoms with Crippen molar-refractivity contribution >= 4 is 5.97 Å². The Hall–Kier alpha value is -1.83. The molecule has 0 spiro atoms. The molecule has 18 heavy (non-hydrogen) atoms. The number of hydrogen-bond donors (Lipinski definition) is 2. The molecule has 1 aromatic rings. The van der Waals surface area contributed by atoms with E-state index in [2.05, 4.69) is 11.8 Å². The number of nitrogens with zero attached hydrogens (tertiary/aromatic N) is 1. The van der Waals surface area contributed by atoms with Gasteiger partial charge in [0, 0.05) is 18.7 Å². The number of hydrogen-bond acceptors (Lipinski definition) is 3. The van der Waals surface area contributed by atoms with Crippen LogP contribution in [0.2, 0.25) is 0 Å². The lowest BCUT2D eigenvalue weighted by Crippen LogP contribution is -2.50. The summed E-state index contributed by atoms with van der Waals surface area (Å²) < 4.78 is 0. The van der Waals surface area contributed by atoms with Crippen LogP contribution in [0.25, 0.3) is 0 Å². The Morgan fingerprint density at radius 1 is 1.44 bits per heavy atom. The second-order valence-electron chi connectivity index (χ2n) is 4.59. The lowest BCUT2D eigenvalue weighted by atomic mass is 10.0.